The normalized spacial score (nSPS) is 11.0. The fourth-order valence-corrected chi connectivity index (χ4v) is 2.97. The van der Waals surface area contributed by atoms with Crippen molar-refractivity contribution < 1.29 is 9.90 Å². The molecule has 2 heterocycles. The fourth-order valence-electron chi connectivity index (χ4n) is 2.97. The van der Waals surface area contributed by atoms with Gasteiger partial charge in [0.1, 0.15) is 0 Å². The molecule has 0 fully saturated rings. The van der Waals surface area contributed by atoms with Crippen LogP contribution >= 0.6 is 0 Å². The number of nitrogens with zero attached hydrogens (tertiary/aromatic N) is 2. The van der Waals surface area contributed by atoms with Gasteiger partial charge >= 0.3 is 5.97 Å². The third-order valence-corrected chi connectivity index (χ3v) is 4.50. The van der Waals surface area contributed by atoms with Crippen LogP contribution in [0.15, 0.2) is 60.7 Å². The minimum atomic E-state index is -0.939. The minimum Gasteiger partial charge on any atom is -0.478 e. The molecule has 4 aromatic rings. The van der Waals surface area contributed by atoms with Crippen LogP contribution in [0.3, 0.4) is 0 Å². The van der Waals surface area contributed by atoms with Crippen LogP contribution in [0.2, 0.25) is 0 Å². The maximum Gasteiger partial charge on any atom is 0.335 e. The first kappa shape index (κ1) is 16.0. The summed E-state index contributed by atoms with van der Waals surface area (Å²) in [6, 6.07) is 19.0. The monoisotopic (exact) mass is 343 g/mol. The molecule has 5 heteroatoms. The fraction of sp³-hybridized carbons (Fsp3) is 0.0952. The predicted octanol–water partition coefficient (Wildman–Crippen LogP) is 4.55. The van der Waals surface area contributed by atoms with Gasteiger partial charge in [-0.25, -0.2) is 9.78 Å². The number of carbonyl (C=O) groups is 1. The van der Waals surface area contributed by atoms with Crippen LogP contribution < -0.4 is 0 Å². The Morgan fingerprint density at radius 2 is 1.65 bits per heavy atom. The number of nitrogens with one attached hydrogen (secondary N) is 1. The molecule has 0 saturated carbocycles. The maximum absolute atomic E-state index is 11.0. The molecule has 0 aliphatic heterocycles. The van der Waals surface area contributed by atoms with Gasteiger partial charge in [-0.3, -0.25) is 5.10 Å². The largest absolute Gasteiger partial charge is 0.478 e. The van der Waals surface area contributed by atoms with Crippen molar-refractivity contribution in [1.29, 1.82) is 0 Å². The first-order valence-corrected chi connectivity index (χ1v) is 8.44. The number of hydrogen-bond donors (Lipinski definition) is 2. The van der Waals surface area contributed by atoms with Gasteiger partial charge in [0.15, 0.2) is 5.65 Å². The first-order chi connectivity index (χ1) is 12.7. The summed E-state index contributed by atoms with van der Waals surface area (Å²) in [4.78, 5) is 15.6. The van der Waals surface area contributed by atoms with Gasteiger partial charge in [-0.15, -0.1) is 0 Å². The molecule has 0 amide bonds. The first-order valence-electron chi connectivity index (χ1n) is 8.44. The van der Waals surface area contributed by atoms with E-state index < -0.39 is 5.97 Å². The summed E-state index contributed by atoms with van der Waals surface area (Å²) < 4.78 is 0. The van der Waals surface area contributed by atoms with E-state index in [4.69, 9.17) is 5.11 Å². The van der Waals surface area contributed by atoms with Crippen LogP contribution in [0.5, 0.6) is 0 Å². The maximum atomic E-state index is 11.0. The third-order valence-electron chi connectivity index (χ3n) is 4.50. The number of carboxylic acids is 1. The molecule has 0 spiro atoms. The highest BCUT2D eigenvalue weighted by Crippen LogP contribution is 2.28. The van der Waals surface area contributed by atoms with E-state index in [1.54, 1.807) is 24.3 Å². The summed E-state index contributed by atoms with van der Waals surface area (Å²) in [6.45, 7) is 2.13. The summed E-state index contributed by atoms with van der Waals surface area (Å²) in [5, 5.41) is 17.4. The van der Waals surface area contributed by atoms with Crippen LogP contribution in [0.1, 0.15) is 22.8 Å². The molecule has 0 saturated heterocycles. The second-order valence-electron chi connectivity index (χ2n) is 6.10. The van der Waals surface area contributed by atoms with Gasteiger partial charge in [0, 0.05) is 16.5 Å². The lowest BCUT2D eigenvalue weighted by atomic mass is 10.0. The van der Waals surface area contributed by atoms with Crippen LogP contribution in [-0.4, -0.2) is 26.3 Å². The Morgan fingerprint density at radius 1 is 0.962 bits per heavy atom. The lowest BCUT2D eigenvalue weighted by molar-refractivity contribution is 0.0697. The summed E-state index contributed by atoms with van der Waals surface area (Å²) >= 11 is 0. The standard InChI is InChI=1S/C21H17N3O2/c1-2-13-3-5-15(6-4-13)19-17-11-12-18(22-20(17)24-23-19)14-7-9-16(10-8-14)21(25)26/h3-12H,2H2,1H3,(H,25,26)(H,22,23,24). The Morgan fingerprint density at radius 3 is 2.31 bits per heavy atom. The number of hydrogen-bond acceptors (Lipinski definition) is 3. The quantitative estimate of drug-likeness (QED) is 0.570. The van der Waals surface area contributed by atoms with Gasteiger partial charge in [-0.2, -0.15) is 5.10 Å². The van der Waals surface area contributed by atoms with E-state index >= 15 is 0 Å². The number of pyridine rings is 1. The molecular formula is C21H17N3O2. The van der Waals surface area contributed by atoms with Gasteiger partial charge in [0.2, 0.25) is 0 Å². The second kappa shape index (κ2) is 6.44. The van der Waals surface area contributed by atoms with E-state index in [0.717, 1.165) is 34.3 Å². The predicted molar refractivity (Wildman–Crippen MR) is 101 cm³/mol. The average molecular weight is 343 g/mol. The number of rotatable bonds is 4. The van der Waals surface area contributed by atoms with Crippen molar-refractivity contribution in [2.45, 2.75) is 13.3 Å². The highest BCUT2D eigenvalue weighted by atomic mass is 16.4. The summed E-state index contributed by atoms with van der Waals surface area (Å²) in [7, 11) is 0. The number of aromatic nitrogens is 3. The van der Waals surface area contributed by atoms with Gasteiger partial charge < -0.3 is 5.11 Å². The number of aryl methyl sites for hydroxylation is 1. The molecule has 26 heavy (non-hydrogen) atoms. The number of aromatic amines is 1. The van der Waals surface area contributed by atoms with Crippen LogP contribution in [0.25, 0.3) is 33.5 Å². The van der Waals surface area contributed by atoms with Crippen molar-refractivity contribution in [3.8, 4) is 22.5 Å². The molecule has 2 aromatic heterocycles. The molecule has 0 unspecified atom stereocenters. The van der Waals surface area contributed by atoms with Crippen LogP contribution in [0.4, 0.5) is 0 Å². The summed E-state index contributed by atoms with van der Waals surface area (Å²) in [5.74, 6) is -0.939. The lowest BCUT2D eigenvalue weighted by Gasteiger charge is -2.03. The van der Waals surface area contributed by atoms with E-state index in [2.05, 4.69) is 46.4 Å². The molecule has 128 valence electrons. The smallest absolute Gasteiger partial charge is 0.335 e. The van der Waals surface area contributed by atoms with Gasteiger partial charge in [-0.05, 0) is 36.2 Å². The van der Waals surface area contributed by atoms with E-state index in [9.17, 15) is 4.79 Å². The molecule has 0 radical (unpaired) electrons. The van der Waals surface area contributed by atoms with Crippen LogP contribution in [-0.2, 0) is 6.42 Å². The average Bonchev–Trinajstić information content (AvgIpc) is 3.11. The molecular weight excluding hydrogens is 326 g/mol. The Balaban J connectivity index is 1.71. The Kier molecular flexibility index (Phi) is 3.97. The Labute approximate surface area is 150 Å². The van der Waals surface area contributed by atoms with Crippen molar-refractivity contribution in [2.75, 3.05) is 0 Å². The minimum absolute atomic E-state index is 0.257. The number of benzene rings is 2. The van der Waals surface area contributed by atoms with Crippen molar-refractivity contribution >= 4 is 17.0 Å². The van der Waals surface area contributed by atoms with Gasteiger partial charge in [-0.1, -0.05) is 43.3 Å². The topological polar surface area (TPSA) is 78.9 Å². The number of aromatic carboxylic acids is 1. The second-order valence-corrected chi connectivity index (χ2v) is 6.10. The molecule has 0 aliphatic rings. The van der Waals surface area contributed by atoms with Crippen LogP contribution in [0, 0.1) is 0 Å². The molecule has 2 aromatic carbocycles. The van der Waals surface area contributed by atoms with E-state index in [-0.39, 0.29) is 5.56 Å². The highest BCUT2D eigenvalue weighted by Gasteiger charge is 2.11. The van der Waals surface area contributed by atoms with E-state index in [1.807, 2.05) is 12.1 Å². The van der Waals surface area contributed by atoms with Gasteiger partial charge in [0.25, 0.3) is 0 Å². The zero-order valence-electron chi connectivity index (χ0n) is 14.2. The van der Waals surface area contributed by atoms with E-state index in [1.165, 1.54) is 5.56 Å². The number of carboxylic acid groups (broad SMARTS) is 1. The molecule has 5 nitrogen and oxygen atoms in total. The molecule has 0 atom stereocenters. The van der Waals surface area contributed by atoms with Crippen molar-refractivity contribution in [2.24, 2.45) is 0 Å². The highest BCUT2D eigenvalue weighted by molar-refractivity contribution is 5.92. The third kappa shape index (κ3) is 2.84. The van der Waals surface area contributed by atoms with Crippen molar-refractivity contribution in [1.82, 2.24) is 15.2 Å². The Hall–Kier alpha value is -3.47. The zero-order valence-corrected chi connectivity index (χ0v) is 14.2. The Bertz CT molecular complexity index is 1080. The van der Waals surface area contributed by atoms with Crippen molar-refractivity contribution in [3.63, 3.8) is 0 Å². The molecule has 0 aliphatic carbocycles. The lowest BCUT2D eigenvalue weighted by Crippen LogP contribution is -1.95. The SMILES string of the molecule is CCc1ccc(-c2[nH]nc3nc(-c4ccc(C(=O)O)cc4)ccc23)cc1. The molecule has 0 bridgehead atoms. The van der Waals surface area contributed by atoms with Crippen molar-refractivity contribution in [3.05, 3.63) is 71.8 Å². The molecule has 2 N–H and O–H groups in total. The van der Waals surface area contributed by atoms with E-state index in [0.29, 0.717) is 5.65 Å². The summed E-state index contributed by atoms with van der Waals surface area (Å²) in [6.07, 6.45) is 1.01. The zero-order chi connectivity index (χ0) is 18.1. The number of fused-ring (bicyclic) bond motifs is 1. The summed E-state index contributed by atoms with van der Waals surface area (Å²) in [5.41, 5.74) is 5.82. The van der Waals surface area contributed by atoms with Gasteiger partial charge in [0.05, 0.1) is 17.0 Å². The molecule has 4 rings (SSSR count). The number of H-pyrrole nitrogens is 1.